The molecule has 2 aromatic rings. The first-order valence-electron chi connectivity index (χ1n) is 10.2. The van der Waals surface area contributed by atoms with Crippen LogP contribution in [0.3, 0.4) is 0 Å². The minimum Gasteiger partial charge on any atom is -0.359 e. The number of hydrogen-bond acceptors (Lipinski definition) is 4. The smallest absolute Gasteiger partial charge is 0.229 e. The van der Waals surface area contributed by atoms with Crippen molar-refractivity contribution in [2.24, 2.45) is 5.41 Å². The zero-order valence-corrected chi connectivity index (χ0v) is 17.9. The fourth-order valence-corrected chi connectivity index (χ4v) is 3.83. The first kappa shape index (κ1) is 21.6. The van der Waals surface area contributed by atoms with E-state index in [0.717, 1.165) is 18.5 Å². The molecule has 1 radical (unpaired) electrons. The van der Waals surface area contributed by atoms with E-state index in [9.17, 15) is 9.18 Å². The molecule has 1 aliphatic heterocycles. The quantitative estimate of drug-likeness (QED) is 0.746. The van der Waals surface area contributed by atoms with Gasteiger partial charge in [-0.25, -0.2) is 4.39 Å². The summed E-state index contributed by atoms with van der Waals surface area (Å²) in [6.45, 7) is 11.9. The fraction of sp³-hybridized carbons (Fsp3) is 0.545. The van der Waals surface area contributed by atoms with Crippen LogP contribution in [-0.2, 0) is 11.3 Å². The van der Waals surface area contributed by atoms with E-state index in [2.05, 4.69) is 57.3 Å². The van der Waals surface area contributed by atoms with Crippen molar-refractivity contribution < 1.29 is 13.7 Å². The van der Waals surface area contributed by atoms with Crippen LogP contribution in [0.1, 0.15) is 46.8 Å². The molecule has 29 heavy (non-hydrogen) atoms. The second kappa shape index (κ2) is 8.70. The highest BCUT2D eigenvalue weighted by Gasteiger charge is 2.36. The maximum absolute atomic E-state index is 13.2. The van der Waals surface area contributed by atoms with Crippen LogP contribution in [0.25, 0.3) is 11.3 Å². The molecule has 1 aliphatic rings. The topological polar surface area (TPSA) is 58.4 Å². The Kier molecular flexibility index (Phi) is 6.47. The van der Waals surface area contributed by atoms with Gasteiger partial charge in [-0.3, -0.25) is 9.69 Å². The highest BCUT2D eigenvalue weighted by molar-refractivity contribution is 6.45. The van der Waals surface area contributed by atoms with Gasteiger partial charge in [0.2, 0.25) is 5.91 Å². The lowest BCUT2D eigenvalue weighted by molar-refractivity contribution is -0.128. The minimum atomic E-state index is -0.300. The van der Waals surface area contributed by atoms with E-state index in [1.54, 1.807) is 12.1 Å². The van der Waals surface area contributed by atoms with Gasteiger partial charge >= 0.3 is 0 Å². The molecule has 1 aromatic heterocycles. The van der Waals surface area contributed by atoms with Crippen LogP contribution >= 0.6 is 0 Å². The lowest BCUT2D eigenvalue weighted by atomic mass is 9.58. The van der Waals surface area contributed by atoms with Gasteiger partial charge in [-0.2, -0.15) is 0 Å². The lowest BCUT2D eigenvalue weighted by Crippen LogP contribution is -2.62. The summed E-state index contributed by atoms with van der Waals surface area (Å²) in [5, 5.41) is 7.32. The lowest BCUT2D eigenvalue weighted by Gasteiger charge is -2.41. The van der Waals surface area contributed by atoms with Crippen LogP contribution < -0.4 is 5.32 Å². The number of nitrogens with one attached hydrogen (secondary N) is 1. The molecular weight excluding hydrogens is 368 g/mol. The van der Waals surface area contributed by atoms with Gasteiger partial charge in [-0.1, -0.05) is 45.6 Å². The molecular formula is C22H30BFN3O2. The minimum absolute atomic E-state index is 0.0393. The fourth-order valence-electron chi connectivity index (χ4n) is 3.83. The molecule has 2 atom stereocenters. The SMILES string of the molecule is CC(C)[B]C1C(=O)NC(CC(C)(C)C)CN1Cc1cc(-c2ccc(F)cc2)no1. The molecule has 2 heterocycles. The van der Waals surface area contributed by atoms with Gasteiger partial charge < -0.3 is 9.84 Å². The summed E-state index contributed by atoms with van der Waals surface area (Å²) >= 11 is 0. The molecule has 1 fully saturated rings. The third kappa shape index (κ3) is 5.92. The number of benzene rings is 1. The molecule has 1 aromatic carbocycles. The van der Waals surface area contributed by atoms with Crippen molar-refractivity contribution >= 4 is 13.2 Å². The summed E-state index contributed by atoms with van der Waals surface area (Å²) in [5.41, 5.74) is 1.59. The predicted octanol–water partition coefficient (Wildman–Crippen LogP) is 4.08. The van der Waals surface area contributed by atoms with E-state index >= 15 is 0 Å². The predicted molar refractivity (Wildman–Crippen MR) is 113 cm³/mol. The third-order valence-corrected chi connectivity index (χ3v) is 4.95. The molecule has 3 rings (SSSR count). The number of nitrogens with zero attached hydrogens (tertiary/aromatic N) is 2. The molecule has 1 N–H and O–H groups in total. The Hall–Kier alpha value is -2.15. The summed E-state index contributed by atoms with van der Waals surface area (Å²) in [5.74, 6) is 0.435. The summed E-state index contributed by atoms with van der Waals surface area (Å²) < 4.78 is 18.7. The maximum atomic E-state index is 13.2. The van der Waals surface area contributed by atoms with Crippen LogP contribution in [0.4, 0.5) is 4.39 Å². The summed E-state index contributed by atoms with van der Waals surface area (Å²) in [6.07, 6.45) is 0.904. The van der Waals surface area contributed by atoms with E-state index in [-0.39, 0.29) is 34.9 Å². The summed E-state index contributed by atoms with van der Waals surface area (Å²) in [7, 11) is 2.07. The first-order valence-corrected chi connectivity index (χ1v) is 10.2. The van der Waals surface area contributed by atoms with E-state index < -0.39 is 0 Å². The Labute approximate surface area is 173 Å². The number of halogens is 1. The third-order valence-electron chi connectivity index (χ3n) is 4.95. The van der Waals surface area contributed by atoms with Crippen molar-refractivity contribution in [3.8, 4) is 11.3 Å². The Morgan fingerprint density at radius 2 is 2.00 bits per heavy atom. The van der Waals surface area contributed by atoms with Crippen LogP contribution in [0.2, 0.25) is 5.82 Å². The number of aromatic nitrogens is 1. The van der Waals surface area contributed by atoms with Crippen molar-refractivity contribution in [3.63, 3.8) is 0 Å². The second-order valence-electron chi connectivity index (χ2n) is 9.47. The van der Waals surface area contributed by atoms with Gasteiger partial charge in [0.15, 0.2) is 5.76 Å². The van der Waals surface area contributed by atoms with Crippen LogP contribution in [0.15, 0.2) is 34.9 Å². The second-order valence-corrected chi connectivity index (χ2v) is 9.47. The molecule has 0 bridgehead atoms. The van der Waals surface area contributed by atoms with Gasteiger partial charge in [0.1, 0.15) is 18.8 Å². The zero-order valence-electron chi connectivity index (χ0n) is 17.9. The van der Waals surface area contributed by atoms with Crippen molar-refractivity contribution in [2.75, 3.05) is 6.54 Å². The van der Waals surface area contributed by atoms with Crippen molar-refractivity contribution in [1.29, 1.82) is 0 Å². The summed E-state index contributed by atoms with van der Waals surface area (Å²) in [4.78, 5) is 15.0. The maximum Gasteiger partial charge on any atom is 0.229 e. The first-order chi connectivity index (χ1) is 13.6. The molecule has 0 saturated carbocycles. The molecule has 1 amide bonds. The average Bonchev–Trinajstić information content (AvgIpc) is 3.05. The van der Waals surface area contributed by atoms with E-state index in [4.69, 9.17) is 4.52 Å². The molecule has 5 nitrogen and oxygen atoms in total. The highest BCUT2D eigenvalue weighted by Crippen LogP contribution is 2.26. The van der Waals surface area contributed by atoms with Crippen molar-refractivity contribution in [1.82, 2.24) is 15.4 Å². The van der Waals surface area contributed by atoms with Gasteiger partial charge in [0.25, 0.3) is 0 Å². The monoisotopic (exact) mass is 398 g/mol. The molecule has 155 valence electrons. The van der Waals surface area contributed by atoms with Crippen molar-refractivity contribution in [3.05, 3.63) is 41.9 Å². The van der Waals surface area contributed by atoms with Crippen molar-refractivity contribution in [2.45, 2.75) is 65.4 Å². The number of rotatable bonds is 6. The van der Waals surface area contributed by atoms with E-state index in [1.807, 2.05) is 6.07 Å². The van der Waals surface area contributed by atoms with E-state index in [0.29, 0.717) is 18.0 Å². The van der Waals surface area contributed by atoms with Crippen LogP contribution in [0.5, 0.6) is 0 Å². The largest absolute Gasteiger partial charge is 0.359 e. The van der Waals surface area contributed by atoms with Crippen LogP contribution in [0, 0.1) is 11.2 Å². The van der Waals surface area contributed by atoms with E-state index in [1.165, 1.54) is 12.1 Å². The number of carbonyl (C=O) groups is 1. The molecule has 2 unspecified atom stereocenters. The highest BCUT2D eigenvalue weighted by atomic mass is 19.1. The Bertz CT molecular complexity index is 829. The standard InChI is InChI=1S/C22H30BFN3O2/c1-14(2)23-20-21(28)25-17(11-22(3,4)5)12-27(20)13-18-10-19(26-29-18)15-6-8-16(24)9-7-15/h6-10,14,17,20H,11-13H2,1-5H3,(H,25,28). The molecule has 0 spiro atoms. The van der Waals surface area contributed by atoms with Gasteiger partial charge in [-0.15, -0.1) is 0 Å². The van der Waals surface area contributed by atoms with Crippen LogP contribution in [-0.4, -0.2) is 41.8 Å². The number of hydrogen-bond donors (Lipinski definition) is 1. The number of amides is 1. The Morgan fingerprint density at radius 3 is 2.62 bits per heavy atom. The average molecular weight is 398 g/mol. The molecule has 1 saturated heterocycles. The summed E-state index contributed by atoms with van der Waals surface area (Å²) in [6, 6.07) is 8.14. The normalized spacial score (nSPS) is 20.7. The molecule has 0 aliphatic carbocycles. The number of carbonyl (C=O) groups excluding carboxylic acids is 1. The Balaban J connectivity index is 1.77. The number of piperazine rings is 1. The van der Waals surface area contributed by atoms with Gasteiger partial charge in [0.05, 0.1) is 12.5 Å². The molecule has 7 heteroatoms. The van der Waals surface area contributed by atoms with Gasteiger partial charge in [-0.05, 0) is 36.1 Å². The van der Waals surface area contributed by atoms with Gasteiger partial charge in [0, 0.05) is 24.2 Å². The zero-order chi connectivity index (χ0) is 21.2. The Morgan fingerprint density at radius 1 is 1.31 bits per heavy atom.